The van der Waals surface area contributed by atoms with E-state index in [-0.39, 0.29) is 35.7 Å². The molecule has 0 aliphatic carbocycles. The van der Waals surface area contributed by atoms with Gasteiger partial charge in [-0.1, -0.05) is 33.8 Å². The van der Waals surface area contributed by atoms with E-state index in [4.69, 9.17) is 24.2 Å². The highest BCUT2D eigenvalue weighted by Crippen LogP contribution is 2.34. The number of fused-ring (bicyclic) bond motifs is 1. The van der Waals surface area contributed by atoms with Gasteiger partial charge < -0.3 is 39.6 Å². The zero-order valence-corrected chi connectivity index (χ0v) is 31.5. The van der Waals surface area contributed by atoms with Gasteiger partial charge in [-0.2, -0.15) is 5.10 Å². The van der Waals surface area contributed by atoms with Crippen LogP contribution in [0.5, 0.6) is 5.75 Å². The summed E-state index contributed by atoms with van der Waals surface area (Å²) in [6.45, 7) is 9.01. The van der Waals surface area contributed by atoms with Crippen molar-refractivity contribution in [2.24, 2.45) is 11.8 Å². The Morgan fingerprint density at radius 3 is 1.93 bits per heavy atom. The molecule has 2 aromatic carbocycles. The molecule has 2 fully saturated rings. The maximum absolute atomic E-state index is 13.5. The van der Waals surface area contributed by atoms with Gasteiger partial charge in [-0.3, -0.25) is 14.7 Å². The Labute approximate surface area is 313 Å². The second kappa shape index (κ2) is 16.6. The van der Waals surface area contributed by atoms with E-state index < -0.39 is 24.3 Å². The van der Waals surface area contributed by atoms with Crippen molar-refractivity contribution in [3.05, 3.63) is 59.7 Å². The largest absolute Gasteiger partial charge is 0.489 e. The third kappa shape index (κ3) is 8.26. The van der Waals surface area contributed by atoms with E-state index in [1.165, 1.54) is 14.2 Å². The van der Waals surface area contributed by atoms with Crippen LogP contribution in [0, 0.1) is 11.8 Å². The van der Waals surface area contributed by atoms with Gasteiger partial charge in [0.05, 0.1) is 37.3 Å². The molecule has 2 aliphatic heterocycles. The Hall–Kier alpha value is -5.67. The third-order valence-electron chi connectivity index (χ3n) is 10.1. The number of nitrogens with one attached hydrogen (secondary N) is 4. The van der Waals surface area contributed by atoms with Gasteiger partial charge in [0.1, 0.15) is 36.1 Å². The first-order valence-corrected chi connectivity index (χ1v) is 18.4. The molecule has 2 aromatic heterocycles. The second-order valence-electron chi connectivity index (χ2n) is 14.4. The predicted molar refractivity (Wildman–Crippen MR) is 198 cm³/mol. The van der Waals surface area contributed by atoms with Crippen molar-refractivity contribution in [3.63, 3.8) is 0 Å². The van der Waals surface area contributed by atoms with Crippen LogP contribution in [0.3, 0.4) is 0 Å². The number of carbonyl (C=O) groups excluding carboxylic acids is 4. The summed E-state index contributed by atoms with van der Waals surface area (Å²) >= 11 is 0. The highest BCUT2D eigenvalue weighted by atomic mass is 16.5. The van der Waals surface area contributed by atoms with E-state index in [0.29, 0.717) is 42.9 Å². The molecular weight excluding hydrogens is 694 g/mol. The fraction of sp³-hybridized carbons (Fsp3) is 0.500. The van der Waals surface area contributed by atoms with Gasteiger partial charge in [-0.15, -0.1) is 0 Å². The molecule has 4 N–H and O–H groups in total. The first kappa shape index (κ1) is 38.1. The predicted octanol–water partition coefficient (Wildman–Crippen LogP) is 5.02. The van der Waals surface area contributed by atoms with Crippen LogP contribution in [-0.4, -0.2) is 98.3 Å². The third-order valence-corrected chi connectivity index (χ3v) is 10.1. The molecule has 54 heavy (non-hydrogen) atoms. The number of amides is 4. The molecule has 4 heterocycles. The number of hydrogen-bond donors (Lipinski definition) is 4. The maximum atomic E-state index is 13.5. The first-order chi connectivity index (χ1) is 26.0. The lowest BCUT2D eigenvalue weighted by molar-refractivity contribution is -0.136. The minimum Gasteiger partial charge on any atom is -0.489 e. The van der Waals surface area contributed by atoms with Crippen molar-refractivity contribution in [1.29, 1.82) is 0 Å². The van der Waals surface area contributed by atoms with Gasteiger partial charge in [0, 0.05) is 18.7 Å². The summed E-state index contributed by atoms with van der Waals surface area (Å²) in [6.07, 6.45) is 1.87. The monoisotopic (exact) mass is 743 g/mol. The van der Waals surface area contributed by atoms with Gasteiger partial charge >= 0.3 is 12.2 Å². The van der Waals surface area contributed by atoms with E-state index >= 15 is 0 Å². The quantitative estimate of drug-likeness (QED) is 0.153. The van der Waals surface area contributed by atoms with E-state index in [1.807, 2.05) is 70.2 Å². The molecule has 0 bridgehead atoms. The van der Waals surface area contributed by atoms with Crippen LogP contribution >= 0.6 is 0 Å². The van der Waals surface area contributed by atoms with Crippen LogP contribution in [0.2, 0.25) is 0 Å². The van der Waals surface area contributed by atoms with E-state index in [1.54, 1.807) is 9.80 Å². The number of ether oxygens (including phenoxy) is 3. The van der Waals surface area contributed by atoms with Crippen molar-refractivity contribution < 1.29 is 33.4 Å². The van der Waals surface area contributed by atoms with Gasteiger partial charge in [0.15, 0.2) is 5.82 Å². The smallest absolute Gasteiger partial charge is 0.407 e. The fourth-order valence-corrected chi connectivity index (χ4v) is 7.13. The molecule has 4 amide bonds. The number of aromatic amines is 2. The number of likely N-dealkylation sites (tertiary alicyclic amines) is 2. The molecular formula is C38H49N9O7. The molecule has 0 unspecified atom stereocenters. The molecule has 288 valence electrons. The molecule has 0 saturated carbocycles. The zero-order valence-electron chi connectivity index (χ0n) is 31.5. The molecule has 4 atom stereocenters. The van der Waals surface area contributed by atoms with Crippen molar-refractivity contribution in [2.75, 3.05) is 27.3 Å². The molecule has 2 saturated heterocycles. The molecule has 0 spiro atoms. The molecule has 0 radical (unpaired) electrons. The number of hydrogen-bond acceptors (Lipinski definition) is 10. The van der Waals surface area contributed by atoms with Crippen LogP contribution < -0.4 is 15.4 Å². The minimum absolute atomic E-state index is 0.114. The van der Waals surface area contributed by atoms with Gasteiger partial charge in [-0.25, -0.2) is 19.6 Å². The summed E-state index contributed by atoms with van der Waals surface area (Å²) in [4.78, 5) is 67.4. The van der Waals surface area contributed by atoms with Crippen molar-refractivity contribution in [3.8, 4) is 17.1 Å². The van der Waals surface area contributed by atoms with Crippen molar-refractivity contribution in [2.45, 2.75) is 84.2 Å². The summed E-state index contributed by atoms with van der Waals surface area (Å²) in [7, 11) is 2.56. The number of carbonyl (C=O) groups is 4. The van der Waals surface area contributed by atoms with Crippen LogP contribution in [0.25, 0.3) is 22.4 Å². The highest BCUT2D eigenvalue weighted by Gasteiger charge is 2.39. The lowest BCUT2D eigenvalue weighted by Crippen LogP contribution is -2.51. The Balaban J connectivity index is 1.08. The topological polar surface area (TPSA) is 197 Å². The van der Waals surface area contributed by atoms with E-state index in [9.17, 15) is 19.2 Å². The number of benzene rings is 2. The molecule has 16 heteroatoms. The SMILES string of the molecule is COC(=O)N[C@H](C(=O)N1CCC[C@H]1c1nc(-c2ccc(OCc3ccc4nc([C@@H]5CCCN5C(=O)[C@@H](NC(=O)OC)C(C)C)[nH]c4c3)cc2)n[nH]1)C(C)C. The summed E-state index contributed by atoms with van der Waals surface area (Å²) in [5.74, 6) is 1.91. The lowest BCUT2D eigenvalue weighted by atomic mass is 10.0. The first-order valence-electron chi connectivity index (χ1n) is 18.4. The summed E-state index contributed by atoms with van der Waals surface area (Å²) < 4.78 is 15.6. The minimum atomic E-state index is -0.714. The van der Waals surface area contributed by atoms with Crippen LogP contribution in [-0.2, 0) is 25.7 Å². The van der Waals surface area contributed by atoms with Gasteiger partial charge in [-0.05, 0) is 79.5 Å². The Bertz CT molecular complexity index is 1960. The number of imidazole rings is 1. The van der Waals surface area contributed by atoms with Crippen molar-refractivity contribution in [1.82, 2.24) is 45.6 Å². The summed E-state index contributed by atoms with van der Waals surface area (Å²) in [5.41, 5.74) is 3.37. The van der Waals surface area contributed by atoms with Crippen LogP contribution in [0.1, 0.15) is 82.7 Å². The number of nitrogens with zero attached hydrogens (tertiary/aromatic N) is 5. The number of aromatic nitrogens is 5. The lowest BCUT2D eigenvalue weighted by Gasteiger charge is -2.29. The average Bonchev–Trinajstić information content (AvgIpc) is 4.00. The molecule has 2 aliphatic rings. The fourth-order valence-electron chi connectivity index (χ4n) is 7.13. The standard InChI is InChI=1S/C38H49N9O7/c1-21(2)30(41-37(50)52-5)35(48)46-17-7-9-28(46)33-39-26-16-11-23(19-27(26)40-33)20-54-25-14-12-24(13-15-25)32-43-34(45-44-32)29-10-8-18-47(29)36(49)31(22(3)4)42-38(51)53-6/h11-16,19,21-22,28-31H,7-10,17-18,20H2,1-6H3,(H,39,40)(H,41,50)(H,42,51)(H,43,44,45)/t28-,29-,30-,31-/m0/s1. The van der Waals surface area contributed by atoms with Crippen LogP contribution in [0.15, 0.2) is 42.5 Å². The zero-order chi connectivity index (χ0) is 38.5. The number of H-pyrrole nitrogens is 2. The number of methoxy groups -OCH3 is 2. The Morgan fingerprint density at radius 1 is 0.796 bits per heavy atom. The summed E-state index contributed by atoms with van der Waals surface area (Å²) in [5, 5.41) is 12.8. The second-order valence-corrected chi connectivity index (χ2v) is 14.4. The average molecular weight is 744 g/mol. The normalized spacial score (nSPS) is 18.2. The van der Waals surface area contributed by atoms with Crippen LogP contribution in [0.4, 0.5) is 9.59 Å². The Kier molecular flexibility index (Phi) is 11.7. The summed E-state index contributed by atoms with van der Waals surface area (Å²) in [6, 6.07) is 11.5. The highest BCUT2D eigenvalue weighted by molar-refractivity contribution is 5.87. The number of alkyl carbamates (subject to hydrolysis) is 2. The van der Waals surface area contributed by atoms with E-state index in [0.717, 1.165) is 47.8 Å². The maximum Gasteiger partial charge on any atom is 0.407 e. The molecule has 16 nitrogen and oxygen atoms in total. The van der Waals surface area contributed by atoms with Gasteiger partial charge in [0.2, 0.25) is 11.8 Å². The molecule has 6 rings (SSSR count). The number of rotatable bonds is 12. The molecule has 4 aromatic rings. The van der Waals surface area contributed by atoms with Gasteiger partial charge in [0.25, 0.3) is 0 Å². The van der Waals surface area contributed by atoms with Crippen molar-refractivity contribution >= 4 is 35.0 Å². The Morgan fingerprint density at radius 2 is 1.37 bits per heavy atom. The van der Waals surface area contributed by atoms with E-state index in [2.05, 4.69) is 25.8 Å².